The molecule has 266 valence electrons. The molecule has 0 fully saturated rings. The van der Waals surface area contributed by atoms with Gasteiger partial charge in [-0.05, 0) is 57.8 Å². The van der Waals surface area contributed by atoms with Crippen molar-refractivity contribution in [2.45, 2.75) is 116 Å². The Morgan fingerprint density at radius 3 is 1.70 bits per heavy atom. The third kappa shape index (κ3) is 28.7. The van der Waals surface area contributed by atoms with Crippen LogP contribution in [0, 0.1) is 0 Å². The number of unbranched alkanes of at least 4 members (excludes halogenated alkanes) is 3. The summed E-state index contributed by atoms with van der Waals surface area (Å²) in [6, 6.07) is -0.743. The Labute approximate surface area is 285 Å². The summed E-state index contributed by atoms with van der Waals surface area (Å²) in [5.74, 6) is -1.93. The number of hydrogen-bond acceptors (Lipinski definition) is 7. The van der Waals surface area contributed by atoms with Gasteiger partial charge in [-0.3, -0.25) is 9.59 Å². The molecular formula is C39H63NO7. The van der Waals surface area contributed by atoms with Crippen molar-refractivity contribution in [1.29, 1.82) is 0 Å². The monoisotopic (exact) mass is 657 g/mol. The summed E-state index contributed by atoms with van der Waals surface area (Å²) in [5, 5.41) is 11.5. The van der Waals surface area contributed by atoms with Crippen LogP contribution in [-0.2, 0) is 28.6 Å². The van der Waals surface area contributed by atoms with Crippen molar-refractivity contribution in [1.82, 2.24) is 0 Å². The number of likely N-dealkylation sites (N-methyl/N-ethyl adjacent to an activating group) is 1. The molecule has 0 heterocycles. The third-order valence-corrected chi connectivity index (χ3v) is 7.10. The molecule has 0 aromatic heterocycles. The first-order chi connectivity index (χ1) is 22.6. The number of carboxylic acid groups (broad SMARTS) is 1. The van der Waals surface area contributed by atoms with Gasteiger partial charge in [0.15, 0.2) is 6.10 Å². The molecule has 0 aromatic carbocycles. The number of nitrogens with zero attached hydrogens (tertiary/aromatic N) is 1. The molecular weight excluding hydrogens is 594 g/mol. The molecule has 2 atom stereocenters. The van der Waals surface area contributed by atoms with E-state index >= 15 is 0 Å². The lowest BCUT2D eigenvalue weighted by molar-refractivity contribution is -0.889. The van der Waals surface area contributed by atoms with E-state index in [0.717, 1.165) is 44.9 Å². The Hall–Kier alpha value is -3.23. The number of hydrogen-bond donors (Lipinski definition) is 0. The fraction of sp³-hybridized carbons (Fsp3) is 0.615. The van der Waals surface area contributed by atoms with E-state index in [0.29, 0.717) is 12.8 Å². The standard InChI is InChI=1S/C39H63NO7/c1-6-8-10-12-14-15-16-17-18-19-20-21-22-24-26-28-30-38(42)47-35(33-45-32-31-36(39(43)44)40(3,4)5)34-46-37(41)29-27-25-23-13-11-9-7-2/h8,10,14-15,17-18,20-21,23-26,35-36H,6-7,9,11-13,16,19,22,27-34H2,1-5H3/b10-8+,15-14+,18-17+,21-20+,25-23+,26-24+. The van der Waals surface area contributed by atoms with Gasteiger partial charge >= 0.3 is 11.9 Å². The lowest BCUT2D eigenvalue weighted by atomic mass is 10.1. The molecule has 0 rings (SSSR count). The van der Waals surface area contributed by atoms with E-state index < -0.39 is 24.1 Å². The Kier molecular flexibility index (Phi) is 28.1. The van der Waals surface area contributed by atoms with E-state index in [-0.39, 0.29) is 49.5 Å². The van der Waals surface area contributed by atoms with Crippen molar-refractivity contribution in [2.24, 2.45) is 0 Å². The largest absolute Gasteiger partial charge is 0.544 e. The Morgan fingerprint density at radius 1 is 0.660 bits per heavy atom. The normalized spacial score (nSPS) is 14.0. The number of rotatable bonds is 29. The molecule has 8 heteroatoms. The summed E-state index contributed by atoms with van der Waals surface area (Å²) in [6.07, 6.45) is 35.5. The Morgan fingerprint density at radius 2 is 1.17 bits per heavy atom. The maximum absolute atomic E-state index is 12.5. The van der Waals surface area contributed by atoms with Crippen LogP contribution in [0.4, 0.5) is 0 Å². The first-order valence-corrected chi connectivity index (χ1v) is 17.5. The molecule has 0 bridgehead atoms. The van der Waals surface area contributed by atoms with Gasteiger partial charge in [0.05, 0.1) is 40.3 Å². The van der Waals surface area contributed by atoms with Gasteiger partial charge in [-0.2, -0.15) is 0 Å². The van der Waals surface area contributed by atoms with Gasteiger partial charge in [0, 0.05) is 19.3 Å². The zero-order chi connectivity index (χ0) is 35.0. The number of ether oxygens (including phenoxy) is 3. The van der Waals surface area contributed by atoms with Crippen LogP contribution < -0.4 is 5.11 Å². The minimum absolute atomic E-state index is 0.00503. The molecule has 0 aliphatic heterocycles. The summed E-state index contributed by atoms with van der Waals surface area (Å²) < 4.78 is 16.8. The lowest BCUT2D eigenvalue weighted by Crippen LogP contribution is -2.55. The van der Waals surface area contributed by atoms with Gasteiger partial charge in [0.1, 0.15) is 12.6 Å². The number of carboxylic acids is 1. The van der Waals surface area contributed by atoms with Gasteiger partial charge in [-0.15, -0.1) is 0 Å². The highest BCUT2D eigenvalue weighted by Gasteiger charge is 2.25. The summed E-state index contributed by atoms with van der Waals surface area (Å²) >= 11 is 0. The maximum Gasteiger partial charge on any atom is 0.306 e. The van der Waals surface area contributed by atoms with Crippen LogP contribution in [0.1, 0.15) is 104 Å². The van der Waals surface area contributed by atoms with Crippen LogP contribution in [0.3, 0.4) is 0 Å². The molecule has 0 aromatic rings. The van der Waals surface area contributed by atoms with E-state index in [2.05, 4.69) is 68.5 Å². The first kappa shape index (κ1) is 43.8. The third-order valence-electron chi connectivity index (χ3n) is 7.10. The van der Waals surface area contributed by atoms with Crippen molar-refractivity contribution in [2.75, 3.05) is 41.0 Å². The first-order valence-electron chi connectivity index (χ1n) is 17.5. The van der Waals surface area contributed by atoms with Gasteiger partial charge in [0.25, 0.3) is 0 Å². The molecule has 47 heavy (non-hydrogen) atoms. The number of allylic oxidation sites excluding steroid dienone is 12. The number of esters is 2. The van der Waals surface area contributed by atoms with Crippen LogP contribution in [0.2, 0.25) is 0 Å². The van der Waals surface area contributed by atoms with Gasteiger partial charge in [-0.25, -0.2) is 0 Å². The molecule has 0 N–H and O–H groups in total. The molecule has 0 aliphatic carbocycles. The molecule has 0 amide bonds. The van der Waals surface area contributed by atoms with Gasteiger partial charge in [-0.1, -0.05) is 99.6 Å². The summed E-state index contributed by atoms with van der Waals surface area (Å²) in [5.41, 5.74) is 0. The van der Waals surface area contributed by atoms with Crippen molar-refractivity contribution < 1.29 is 38.2 Å². The zero-order valence-electron chi connectivity index (χ0n) is 29.9. The highest BCUT2D eigenvalue weighted by molar-refractivity contribution is 5.70. The molecule has 0 radical (unpaired) electrons. The van der Waals surface area contributed by atoms with E-state index in [1.165, 1.54) is 12.8 Å². The van der Waals surface area contributed by atoms with Gasteiger partial charge in [0.2, 0.25) is 0 Å². The van der Waals surface area contributed by atoms with Crippen LogP contribution in [0.25, 0.3) is 0 Å². The predicted octanol–water partition coefficient (Wildman–Crippen LogP) is 7.12. The fourth-order valence-electron chi connectivity index (χ4n) is 4.37. The second-order valence-corrected chi connectivity index (χ2v) is 12.4. The van der Waals surface area contributed by atoms with Gasteiger partial charge < -0.3 is 28.6 Å². The topological polar surface area (TPSA) is 102 Å². The number of carbonyl (C=O) groups is 3. The van der Waals surface area contributed by atoms with Crippen molar-refractivity contribution in [3.8, 4) is 0 Å². The molecule has 2 unspecified atom stereocenters. The van der Waals surface area contributed by atoms with Crippen LogP contribution in [0.15, 0.2) is 72.9 Å². The van der Waals surface area contributed by atoms with Crippen LogP contribution in [0.5, 0.6) is 0 Å². The fourth-order valence-corrected chi connectivity index (χ4v) is 4.37. The van der Waals surface area contributed by atoms with E-state index in [1.807, 2.05) is 18.2 Å². The number of quaternary nitrogens is 1. The summed E-state index contributed by atoms with van der Waals surface area (Å²) in [7, 11) is 5.34. The lowest BCUT2D eigenvalue weighted by Gasteiger charge is -2.34. The smallest absolute Gasteiger partial charge is 0.306 e. The Bertz CT molecular complexity index is 1000. The predicted molar refractivity (Wildman–Crippen MR) is 189 cm³/mol. The second-order valence-electron chi connectivity index (χ2n) is 12.4. The average Bonchev–Trinajstić information content (AvgIpc) is 3.01. The minimum atomic E-state index is -1.15. The number of carbonyl (C=O) groups excluding carboxylic acids is 3. The van der Waals surface area contributed by atoms with E-state index in [9.17, 15) is 19.5 Å². The molecule has 8 nitrogen and oxygen atoms in total. The highest BCUT2D eigenvalue weighted by atomic mass is 16.6. The molecule has 0 aliphatic rings. The average molecular weight is 658 g/mol. The van der Waals surface area contributed by atoms with Crippen LogP contribution >= 0.6 is 0 Å². The number of aliphatic carboxylic acids is 1. The Balaban J connectivity index is 4.62. The molecule has 0 saturated heterocycles. The molecule has 0 spiro atoms. The minimum Gasteiger partial charge on any atom is -0.544 e. The van der Waals surface area contributed by atoms with Crippen molar-refractivity contribution >= 4 is 17.9 Å². The highest BCUT2D eigenvalue weighted by Crippen LogP contribution is 2.09. The van der Waals surface area contributed by atoms with Crippen molar-refractivity contribution in [3.63, 3.8) is 0 Å². The SMILES string of the molecule is CC/C=C/C/C=C/C/C=C/C/C=C/C/C=C/CCC(=O)OC(COCCC(C(=O)[O-])[N+](C)(C)C)COC(=O)CC/C=C/CCCCC. The second kappa shape index (κ2) is 30.1. The zero-order valence-corrected chi connectivity index (χ0v) is 29.9. The van der Waals surface area contributed by atoms with Crippen molar-refractivity contribution in [3.05, 3.63) is 72.9 Å². The summed E-state index contributed by atoms with van der Waals surface area (Å²) in [6.45, 7) is 4.31. The molecule has 0 saturated carbocycles. The quantitative estimate of drug-likeness (QED) is 0.0365. The van der Waals surface area contributed by atoms with E-state index in [1.54, 1.807) is 21.1 Å². The van der Waals surface area contributed by atoms with Crippen LogP contribution in [-0.4, -0.2) is 75.5 Å². The van der Waals surface area contributed by atoms with E-state index in [4.69, 9.17) is 14.2 Å². The maximum atomic E-state index is 12.5. The summed E-state index contributed by atoms with van der Waals surface area (Å²) in [4.78, 5) is 36.4.